The predicted octanol–water partition coefficient (Wildman–Crippen LogP) is 0.740. The van der Waals surface area contributed by atoms with Gasteiger partial charge in [-0.1, -0.05) is 18.7 Å². The molecular formula is C10H13N5O2S. The van der Waals surface area contributed by atoms with Crippen LogP contribution in [0.5, 0.6) is 0 Å². The fourth-order valence-electron chi connectivity index (χ4n) is 1.59. The quantitative estimate of drug-likeness (QED) is 0.804. The Labute approximate surface area is 108 Å². The summed E-state index contributed by atoms with van der Waals surface area (Å²) < 4.78 is 3.49. The molecule has 96 valence electrons. The van der Waals surface area contributed by atoms with Crippen molar-refractivity contribution in [3.63, 3.8) is 0 Å². The van der Waals surface area contributed by atoms with E-state index in [9.17, 15) is 4.79 Å². The predicted molar refractivity (Wildman–Crippen MR) is 65.9 cm³/mol. The lowest BCUT2D eigenvalue weighted by Gasteiger charge is -2.03. The molecule has 0 aliphatic heterocycles. The molecule has 0 atom stereocenters. The fourth-order valence-corrected chi connectivity index (χ4v) is 2.23. The van der Waals surface area contributed by atoms with E-state index < -0.39 is 5.97 Å². The Kier molecular flexibility index (Phi) is 3.66. The van der Waals surface area contributed by atoms with Gasteiger partial charge in [0.05, 0.1) is 17.1 Å². The van der Waals surface area contributed by atoms with E-state index >= 15 is 0 Å². The first-order valence-corrected chi connectivity index (χ1v) is 6.38. The van der Waals surface area contributed by atoms with Crippen molar-refractivity contribution in [2.45, 2.75) is 18.5 Å². The van der Waals surface area contributed by atoms with E-state index in [0.717, 1.165) is 29.6 Å². The lowest BCUT2D eigenvalue weighted by Crippen LogP contribution is -2.02. The average molecular weight is 267 g/mol. The number of rotatable bonds is 5. The summed E-state index contributed by atoms with van der Waals surface area (Å²) in [6, 6.07) is 0. The second-order valence-electron chi connectivity index (χ2n) is 3.65. The third kappa shape index (κ3) is 2.53. The zero-order valence-electron chi connectivity index (χ0n) is 10.1. The molecule has 2 aromatic rings. The smallest absolute Gasteiger partial charge is 0.313 e. The molecule has 0 aliphatic carbocycles. The number of carboxylic acids is 1. The number of thioether (sulfide) groups is 1. The van der Waals surface area contributed by atoms with Gasteiger partial charge in [-0.25, -0.2) is 0 Å². The highest BCUT2D eigenvalue weighted by atomic mass is 32.2. The Bertz CT molecular complexity index is 562. The number of aliphatic carboxylic acids is 1. The molecule has 0 spiro atoms. The maximum absolute atomic E-state index is 10.6. The number of aromatic nitrogens is 5. The molecule has 0 unspecified atom stereocenters. The first-order valence-electron chi connectivity index (χ1n) is 5.39. The largest absolute Gasteiger partial charge is 0.481 e. The summed E-state index contributed by atoms with van der Waals surface area (Å²) in [7, 11) is 1.84. The maximum atomic E-state index is 10.6. The Morgan fingerprint density at radius 3 is 3.00 bits per heavy atom. The summed E-state index contributed by atoms with van der Waals surface area (Å²) in [5, 5.41) is 21.3. The highest BCUT2D eigenvalue weighted by Crippen LogP contribution is 2.21. The van der Waals surface area contributed by atoms with Crippen molar-refractivity contribution in [2.24, 2.45) is 7.05 Å². The first-order chi connectivity index (χ1) is 8.61. The van der Waals surface area contributed by atoms with Gasteiger partial charge in [-0.05, 0) is 6.42 Å². The summed E-state index contributed by atoms with van der Waals surface area (Å²) >= 11 is 1.14. The zero-order chi connectivity index (χ0) is 13.1. The molecule has 7 nitrogen and oxygen atoms in total. The highest BCUT2D eigenvalue weighted by molar-refractivity contribution is 7.99. The number of nitrogens with zero attached hydrogens (tertiary/aromatic N) is 5. The molecule has 0 bridgehead atoms. The lowest BCUT2D eigenvalue weighted by molar-refractivity contribution is -0.133. The molecule has 0 aliphatic rings. The van der Waals surface area contributed by atoms with Gasteiger partial charge in [-0.2, -0.15) is 5.10 Å². The SMILES string of the molecule is CCc1nn(C)cc1-n1cnnc1SCC(=O)O. The molecule has 0 saturated carbocycles. The highest BCUT2D eigenvalue weighted by Gasteiger charge is 2.14. The monoisotopic (exact) mass is 267 g/mol. The van der Waals surface area contributed by atoms with Gasteiger partial charge in [0.1, 0.15) is 6.33 Å². The fraction of sp³-hybridized carbons (Fsp3) is 0.400. The molecular weight excluding hydrogens is 254 g/mol. The topological polar surface area (TPSA) is 85.8 Å². The van der Waals surface area contributed by atoms with Crippen LogP contribution in [-0.4, -0.2) is 41.4 Å². The number of aryl methyl sites for hydroxylation is 2. The molecule has 0 radical (unpaired) electrons. The van der Waals surface area contributed by atoms with E-state index in [2.05, 4.69) is 15.3 Å². The van der Waals surface area contributed by atoms with Crippen LogP contribution in [0.25, 0.3) is 5.69 Å². The summed E-state index contributed by atoms with van der Waals surface area (Å²) in [5.74, 6) is -0.920. The third-order valence-corrected chi connectivity index (χ3v) is 3.25. The molecule has 8 heteroatoms. The van der Waals surface area contributed by atoms with Crippen molar-refractivity contribution < 1.29 is 9.90 Å². The van der Waals surface area contributed by atoms with E-state index in [4.69, 9.17) is 5.11 Å². The summed E-state index contributed by atoms with van der Waals surface area (Å²) in [6.07, 6.45) is 4.23. The van der Waals surface area contributed by atoms with Gasteiger partial charge >= 0.3 is 5.97 Å². The minimum absolute atomic E-state index is 0.0413. The van der Waals surface area contributed by atoms with Crippen molar-refractivity contribution in [3.8, 4) is 5.69 Å². The lowest BCUT2D eigenvalue weighted by atomic mass is 10.3. The normalized spacial score (nSPS) is 10.8. The van der Waals surface area contributed by atoms with Crippen LogP contribution in [0, 0.1) is 0 Å². The molecule has 1 N–H and O–H groups in total. The molecule has 0 saturated heterocycles. The molecule has 2 heterocycles. The van der Waals surface area contributed by atoms with Crippen LogP contribution in [0.3, 0.4) is 0 Å². The second kappa shape index (κ2) is 5.21. The van der Waals surface area contributed by atoms with E-state index in [0.29, 0.717) is 5.16 Å². The minimum atomic E-state index is -0.878. The molecule has 0 amide bonds. The number of carboxylic acid groups (broad SMARTS) is 1. The number of hydrogen-bond acceptors (Lipinski definition) is 5. The van der Waals surface area contributed by atoms with Gasteiger partial charge in [0.25, 0.3) is 0 Å². The van der Waals surface area contributed by atoms with Crippen molar-refractivity contribution in [1.29, 1.82) is 0 Å². The summed E-state index contributed by atoms with van der Waals surface area (Å²) in [4.78, 5) is 10.6. The van der Waals surface area contributed by atoms with Gasteiger partial charge in [-0.15, -0.1) is 10.2 Å². The van der Waals surface area contributed by atoms with Gasteiger partial charge < -0.3 is 5.11 Å². The Morgan fingerprint density at radius 2 is 2.33 bits per heavy atom. The summed E-state index contributed by atoms with van der Waals surface area (Å²) in [6.45, 7) is 2.01. The molecule has 2 aromatic heterocycles. The number of carbonyl (C=O) groups is 1. The van der Waals surface area contributed by atoms with Gasteiger partial charge in [-0.3, -0.25) is 14.0 Å². The second-order valence-corrected chi connectivity index (χ2v) is 4.60. The van der Waals surface area contributed by atoms with Gasteiger partial charge in [0.15, 0.2) is 5.16 Å². The molecule has 18 heavy (non-hydrogen) atoms. The maximum Gasteiger partial charge on any atom is 0.313 e. The molecule has 2 rings (SSSR count). The minimum Gasteiger partial charge on any atom is -0.481 e. The number of hydrogen-bond donors (Lipinski definition) is 1. The van der Waals surface area contributed by atoms with Crippen LogP contribution >= 0.6 is 11.8 Å². The van der Waals surface area contributed by atoms with E-state index in [1.807, 2.05) is 20.2 Å². The van der Waals surface area contributed by atoms with Crippen LogP contribution in [0.15, 0.2) is 17.7 Å². The third-order valence-electron chi connectivity index (χ3n) is 2.32. The van der Waals surface area contributed by atoms with Gasteiger partial charge in [0, 0.05) is 13.2 Å². The standard InChI is InChI=1S/C10H13N5O2S/c1-3-7-8(4-14(2)13-7)15-6-11-12-10(15)18-5-9(16)17/h4,6H,3,5H2,1-2H3,(H,16,17). The average Bonchev–Trinajstić information content (AvgIpc) is 2.91. The van der Waals surface area contributed by atoms with Crippen LogP contribution in [0.2, 0.25) is 0 Å². The van der Waals surface area contributed by atoms with Crippen LogP contribution in [0.1, 0.15) is 12.6 Å². The van der Waals surface area contributed by atoms with Crippen molar-refractivity contribution >= 4 is 17.7 Å². The van der Waals surface area contributed by atoms with E-state index in [1.165, 1.54) is 0 Å². The molecule has 0 aromatic carbocycles. The van der Waals surface area contributed by atoms with Crippen molar-refractivity contribution in [1.82, 2.24) is 24.5 Å². The van der Waals surface area contributed by atoms with E-state index in [-0.39, 0.29) is 5.75 Å². The Morgan fingerprint density at radius 1 is 1.56 bits per heavy atom. The van der Waals surface area contributed by atoms with Gasteiger partial charge in [0.2, 0.25) is 0 Å². The Balaban J connectivity index is 2.32. The van der Waals surface area contributed by atoms with Crippen molar-refractivity contribution in [3.05, 3.63) is 18.2 Å². The Hall–Kier alpha value is -1.83. The van der Waals surface area contributed by atoms with Crippen LogP contribution in [0.4, 0.5) is 0 Å². The van der Waals surface area contributed by atoms with Crippen LogP contribution < -0.4 is 0 Å². The van der Waals surface area contributed by atoms with Crippen molar-refractivity contribution in [2.75, 3.05) is 5.75 Å². The zero-order valence-corrected chi connectivity index (χ0v) is 10.9. The first kappa shape index (κ1) is 12.6. The summed E-state index contributed by atoms with van der Waals surface area (Å²) in [5.41, 5.74) is 1.81. The van der Waals surface area contributed by atoms with Crippen LogP contribution in [-0.2, 0) is 18.3 Å². The molecule has 0 fully saturated rings. The van der Waals surface area contributed by atoms with E-state index in [1.54, 1.807) is 15.6 Å².